The molecule has 0 saturated heterocycles. The maximum absolute atomic E-state index is 5.70. The van der Waals surface area contributed by atoms with Crippen LogP contribution in [0.2, 0.25) is 0 Å². The number of hydrogen-bond donors (Lipinski definition) is 0. The van der Waals surface area contributed by atoms with E-state index in [-0.39, 0.29) is 0 Å². The minimum absolute atomic E-state index is 0.725. The zero-order valence-corrected chi connectivity index (χ0v) is 13.7. The first kappa shape index (κ1) is 16.7. The molecule has 0 unspecified atom stereocenters. The fourth-order valence-corrected chi connectivity index (χ4v) is 2.35. The normalized spacial score (nSPS) is 11.4. The average molecular weight is 328 g/mol. The Hall–Kier alpha value is -0.380. The molecule has 3 heteroatoms. The van der Waals surface area contributed by atoms with Crippen LogP contribution in [0.4, 0.5) is 0 Å². The molecule has 0 aliphatic heterocycles. The molecular weight excluding hydrogens is 302 g/mol. The van der Waals surface area contributed by atoms with Crippen LogP contribution < -0.4 is 0 Å². The van der Waals surface area contributed by atoms with Gasteiger partial charge in [-0.25, -0.2) is 0 Å². The van der Waals surface area contributed by atoms with E-state index in [2.05, 4.69) is 65.0 Å². The van der Waals surface area contributed by atoms with Crippen molar-refractivity contribution in [3.8, 4) is 0 Å². The second kappa shape index (κ2) is 10.4. The monoisotopic (exact) mass is 327 g/mol. The number of hydrogen-bond acceptors (Lipinski definition) is 2. The molecule has 0 aliphatic rings. The molecule has 0 aromatic heterocycles. The number of alkyl halides is 1. The molecule has 0 radical (unpaired) electrons. The molecule has 0 bridgehead atoms. The first-order chi connectivity index (χ1) is 9.22. The third-order valence-electron chi connectivity index (χ3n) is 3.04. The summed E-state index contributed by atoms with van der Waals surface area (Å²) in [5.74, 6) is 0.725. The van der Waals surface area contributed by atoms with Crippen molar-refractivity contribution in [2.24, 2.45) is 5.92 Å². The number of rotatable bonds is 10. The zero-order chi connectivity index (χ0) is 13.9. The molecule has 0 amide bonds. The summed E-state index contributed by atoms with van der Waals surface area (Å²) in [6.07, 6.45) is 1.15. The second-order valence-electron chi connectivity index (χ2n) is 5.25. The van der Waals surface area contributed by atoms with Gasteiger partial charge in [-0.1, -0.05) is 60.1 Å². The van der Waals surface area contributed by atoms with Crippen LogP contribution in [0.25, 0.3) is 0 Å². The van der Waals surface area contributed by atoms with Gasteiger partial charge in [0, 0.05) is 31.6 Å². The molecule has 0 atom stereocenters. The highest BCUT2D eigenvalue weighted by molar-refractivity contribution is 9.09. The van der Waals surface area contributed by atoms with Crippen LogP contribution in [-0.2, 0) is 11.3 Å². The Kier molecular flexibility index (Phi) is 9.14. The van der Waals surface area contributed by atoms with Crippen molar-refractivity contribution < 1.29 is 4.74 Å². The van der Waals surface area contributed by atoms with E-state index in [1.807, 2.05) is 0 Å². The van der Waals surface area contributed by atoms with E-state index in [4.69, 9.17) is 4.74 Å². The van der Waals surface area contributed by atoms with E-state index in [9.17, 15) is 0 Å². The summed E-state index contributed by atoms with van der Waals surface area (Å²) < 4.78 is 5.70. The Balaban J connectivity index is 2.24. The Labute approximate surface area is 126 Å². The van der Waals surface area contributed by atoms with Gasteiger partial charge in [-0.15, -0.1) is 0 Å². The van der Waals surface area contributed by atoms with E-state index < -0.39 is 0 Å². The van der Waals surface area contributed by atoms with Gasteiger partial charge in [0.25, 0.3) is 0 Å². The largest absolute Gasteiger partial charge is 0.380 e. The number of ether oxygens (including phenoxy) is 1. The smallest absolute Gasteiger partial charge is 0.0593 e. The fraction of sp³-hybridized carbons (Fsp3) is 0.625. The Morgan fingerprint density at radius 1 is 1.11 bits per heavy atom. The molecule has 0 aliphatic carbocycles. The minimum atomic E-state index is 0.725. The molecule has 1 aromatic rings. The Morgan fingerprint density at radius 2 is 1.84 bits per heavy atom. The van der Waals surface area contributed by atoms with Crippen LogP contribution in [0.3, 0.4) is 0 Å². The van der Waals surface area contributed by atoms with Gasteiger partial charge in [-0.05, 0) is 17.9 Å². The van der Waals surface area contributed by atoms with Gasteiger partial charge >= 0.3 is 0 Å². The summed E-state index contributed by atoms with van der Waals surface area (Å²) in [7, 11) is 0. The summed E-state index contributed by atoms with van der Waals surface area (Å²) in [6, 6.07) is 10.6. The van der Waals surface area contributed by atoms with E-state index in [0.29, 0.717) is 0 Å². The van der Waals surface area contributed by atoms with Crippen molar-refractivity contribution >= 4 is 15.9 Å². The third kappa shape index (κ3) is 8.40. The molecule has 0 N–H and O–H groups in total. The van der Waals surface area contributed by atoms with Gasteiger partial charge in [-0.2, -0.15) is 0 Å². The SMILES string of the molecule is CC(C)CCOCCN(CCBr)Cc1ccccc1. The summed E-state index contributed by atoms with van der Waals surface area (Å²) in [5, 5.41) is 1.01. The Bertz CT molecular complexity index is 316. The summed E-state index contributed by atoms with van der Waals surface area (Å²) in [6.45, 7) is 9.23. The lowest BCUT2D eigenvalue weighted by Gasteiger charge is -2.21. The highest BCUT2D eigenvalue weighted by Crippen LogP contribution is 2.05. The molecule has 0 fully saturated rings. The van der Waals surface area contributed by atoms with E-state index in [1.165, 1.54) is 5.56 Å². The van der Waals surface area contributed by atoms with Crippen LogP contribution in [0.5, 0.6) is 0 Å². The van der Waals surface area contributed by atoms with Crippen LogP contribution >= 0.6 is 15.9 Å². The number of benzene rings is 1. The lowest BCUT2D eigenvalue weighted by Crippen LogP contribution is -2.29. The van der Waals surface area contributed by atoms with E-state index >= 15 is 0 Å². The molecule has 2 nitrogen and oxygen atoms in total. The minimum Gasteiger partial charge on any atom is -0.380 e. The molecule has 108 valence electrons. The predicted molar refractivity (Wildman–Crippen MR) is 85.8 cm³/mol. The molecule has 0 heterocycles. The molecule has 0 spiro atoms. The lowest BCUT2D eigenvalue weighted by molar-refractivity contribution is 0.0959. The van der Waals surface area contributed by atoms with Gasteiger partial charge in [0.15, 0.2) is 0 Å². The molecule has 1 aromatic carbocycles. The summed E-state index contributed by atoms with van der Waals surface area (Å²) in [4.78, 5) is 2.43. The zero-order valence-electron chi connectivity index (χ0n) is 12.1. The quantitative estimate of drug-likeness (QED) is 0.476. The first-order valence-electron chi connectivity index (χ1n) is 7.12. The van der Waals surface area contributed by atoms with Gasteiger partial charge in [0.1, 0.15) is 0 Å². The number of nitrogens with zero attached hydrogens (tertiary/aromatic N) is 1. The second-order valence-corrected chi connectivity index (χ2v) is 6.04. The standard InChI is InChI=1S/C16H26BrNO/c1-15(2)8-12-19-13-11-18(10-9-17)14-16-6-4-3-5-7-16/h3-7,15H,8-14H2,1-2H3. The summed E-state index contributed by atoms with van der Waals surface area (Å²) >= 11 is 3.52. The van der Waals surface area contributed by atoms with Crippen LogP contribution in [-0.4, -0.2) is 36.5 Å². The van der Waals surface area contributed by atoms with Crippen molar-refractivity contribution in [3.63, 3.8) is 0 Å². The molecule has 0 saturated carbocycles. The highest BCUT2D eigenvalue weighted by Gasteiger charge is 2.05. The molecular formula is C16H26BrNO. The van der Waals surface area contributed by atoms with Gasteiger partial charge < -0.3 is 4.74 Å². The molecule has 1 rings (SSSR count). The predicted octanol–water partition coefficient (Wildman–Crippen LogP) is 3.95. The fourth-order valence-electron chi connectivity index (χ4n) is 1.85. The van der Waals surface area contributed by atoms with Crippen molar-refractivity contribution in [3.05, 3.63) is 35.9 Å². The first-order valence-corrected chi connectivity index (χ1v) is 8.24. The maximum Gasteiger partial charge on any atom is 0.0593 e. The third-order valence-corrected chi connectivity index (χ3v) is 3.40. The number of halogens is 1. The topological polar surface area (TPSA) is 12.5 Å². The van der Waals surface area contributed by atoms with Crippen LogP contribution in [0.15, 0.2) is 30.3 Å². The highest BCUT2D eigenvalue weighted by atomic mass is 79.9. The summed E-state index contributed by atoms with van der Waals surface area (Å²) in [5.41, 5.74) is 1.37. The van der Waals surface area contributed by atoms with Crippen LogP contribution in [0, 0.1) is 5.92 Å². The Morgan fingerprint density at radius 3 is 2.47 bits per heavy atom. The van der Waals surface area contributed by atoms with Gasteiger partial charge in [-0.3, -0.25) is 4.90 Å². The maximum atomic E-state index is 5.70. The molecule has 19 heavy (non-hydrogen) atoms. The van der Waals surface area contributed by atoms with Crippen molar-refractivity contribution in [1.29, 1.82) is 0 Å². The van der Waals surface area contributed by atoms with Crippen LogP contribution in [0.1, 0.15) is 25.8 Å². The lowest BCUT2D eigenvalue weighted by atomic mass is 10.1. The van der Waals surface area contributed by atoms with E-state index in [1.54, 1.807) is 0 Å². The van der Waals surface area contributed by atoms with Gasteiger partial charge in [0.05, 0.1) is 6.61 Å². The van der Waals surface area contributed by atoms with Crippen molar-refractivity contribution in [2.75, 3.05) is 31.6 Å². The van der Waals surface area contributed by atoms with Crippen molar-refractivity contribution in [1.82, 2.24) is 4.90 Å². The average Bonchev–Trinajstić information content (AvgIpc) is 2.39. The van der Waals surface area contributed by atoms with Gasteiger partial charge in [0.2, 0.25) is 0 Å². The van der Waals surface area contributed by atoms with Crippen molar-refractivity contribution in [2.45, 2.75) is 26.8 Å². The van der Waals surface area contributed by atoms with E-state index in [0.717, 1.165) is 50.5 Å².